The summed E-state index contributed by atoms with van der Waals surface area (Å²) in [6, 6.07) is 6.47. The minimum Gasteiger partial charge on any atom is -0.370 e. The summed E-state index contributed by atoms with van der Waals surface area (Å²) in [5, 5.41) is 3.56. The van der Waals surface area contributed by atoms with Gasteiger partial charge in [0.2, 0.25) is 0 Å². The fourth-order valence-corrected chi connectivity index (χ4v) is 3.14. The predicted molar refractivity (Wildman–Crippen MR) is 96.6 cm³/mol. The van der Waals surface area contributed by atoms with Gasteiger partial charge in [-0.25, -0.2) is 4.39 Å². The zero-order chi connectivity index (χ0) is 17.8. The molecule has 1 aliphatic rings. The Bertz CT molecular complexity index is 815. The van der Waals surface area contributed by atoms with Crippen LogP contribution in [0, 0.1) is 5.82 Å². The molecule has 0 saturated heterocycles. The molecule has 1 aliphatic heterocycles. The third-order valence-corrected chi connectivity index (χ3v) is 4.50. The molecule has 2 heterocycles. The van der Waals surface area contributed by atoms with Gasteiger partial charge in [-0.3, -0.25) is 14.8 Å². The standard InChI is InChI=1S/C19H19ClFN3O/c1-2-22-19-16-11-23-13(8-12(16)10-24-19)9-14(25)6-7-15-17(20)4-3-5-18(15)21/h3-5,8,11H,2,6-7,9-10H2,1H3,(H,22,24). The van der Waals surface area contributed by atoms with E-state index in [-0.39, 0.29) is 24.4 Å². The summed E-state index contributed by atoms with van der Waals surface area (Å²) in [7, 11) is 0. The fraction of sp³-hybridized carbons (Fsp3) is 0.316. The molecule has 0 radical (unpaired) electrons. The van der Waals surface area contributed by atoms with E-state index in [1.54, 1.807) is 18.3 Å². The number of nitrogens with zero attached hydrogens (tertiary/aromatic N) is 2. The third kappa shape index (κ3) is 4.04. The van der Waals surface area contributed by atoms with Crippen LogP contribution in [0.4, 0.5) is 4.39 Å². The number of carbonyl (C=O) groups is 1. The quantitative estimate of drug-likeness (QED) is 0.859. The molecule has 130 valence electrons. The summed E-state index contributed by atoms with van der Waals surface area (Å²) >= 11 is 5.99. The first-order valence-corrected chi connectivity index (χ1v) is 8.67. The van der Waals surface area contributed by atoms with Crippen LogP contribution in [-0.4, -0.2) is 23.1 Å². The monoisotopic (exact) mass is 359 g/mol. The molecule has 25 heavy (non-hydrogen) atoms. The second-order valence-electron chi connectivity index (χ2n) is 5.94. The summed E-state index contributed by atoms with van der Waals surface area (Å²) < 4.78 is 13.8. The number of pyridine rings is 1. The molecule has 3 rings (SSSR count). The van der Waals surface area contributed by atoms with E-state index >= 15 is 0 Å². The van der Waals surface area contributed by atoms with Crippen LogP contribution >= 0.6 is 11.6 Å². The van der Waals surface area contributed by atoms with E-state index in [1.807, 2.05) is 13.0 Å². The number of fused-ring (bicyclic) bond motifs is 1. The fourth-order valence-electron chi connectivity index (χ4n) is 2.88. The van der Waals surface area contributed by atoms with Crippen LogP contribution in [0.1, 0.15) is 35.7 Å². The highest BCUT2D eigenvalue weighted by molar-refractivity contribution is 6.31. The third-order valence-electron chi connectivity index (χ3n) is 4.15. The lowest BCUT2D eigenvalue weighted by atomic mass is 10.0. The number of Topliss-reactive ketones (excluding diaryl/α,β-unsaturated/α-hetero) is 1. The van der Waals surface area contributed by atoms with Crippen molar-refractivity contribution >= 4 is 23.2 Å². The molecule has 0 unspecified atom stereocenters. The molecule has 2 aromatic rings. The first-order chi connectivity index (χ1) is 12.1. The Morgan fingerprint density at radius 1 is 1.40 bits per heavy atom. The van der Waals surface area contributed by atoms with Gasteiger partial charge >= 0.3 is 0 Å². The van der Waals surface area contributed by atoms with Gasteiger partial charge in [-0.15, -0.1) is 0 Å². The molecule has 1 aromatic heterocycles. The van der Waals surface area contributed by atoms with E-state index in [4.69, 9.17) is 11.6 Å². The van der Waals surface area contributed by atoms with E-state index < -0.39 is 0 Å². The van der Waals surface area contributed by atoms with Gasteiger partial charge in [0.25, 0.3) is 0 Å². The van der Waals surface area contributed by atoms with Crippen molar-refractivity contribution in [3.8, 4) is 0 Å². The lowest BCUT2D eigenvalue weighted by Crippen LogP contribution is -2.22. The van der Waals surface area contributed by atoms with Crippen LogP contribution in [0.25, 0.3) is 0 Å². The molecule has 4 nitrogen and oxygen atoms in total. The van der Waals surface area contributed by atoms with Crippen molar-refractivity contribution < 1.29 is 9.18 Å². The molecule has 1 aromatic carbocycles. The molecular formula is C19H19ClFN3O. The van der Waals surface area contributed by atoms with Crippen LogP contribution < -0.4 is 5.32 Å². The number of hydrogen-bond acceptors (Lipinski definition) is 4. The average Bonchev–Trinajstić information content (AvgIpc) is 2.97. The molecular weight excluding hydrogens is 341 g/mol. The van der Waals surface area contributed by atoms with Crippen molar-refractivity contribution in [3.05, 3.63) is 63.7 Å². The Morgan fingerprint density at radius 3 is 3.00 bits per heavy atom. The van der Waals surface area contributed by atoms with E-state index in [0.29, 0.717) is 23.6 Å². The van der Waals surface area contributed by atoms with E-state index in [0.717, 1.165) is 29.2 Å². The first kappa shape index (κ1) is 17.5. The van der Waals surface area contributed by atoms with Crippen molar-refractivity contribution in [2.75, 3.05) is 6.54 Å². The van der Waals surface area contributed by atoms with E-state index in [2.05, 4.69) is 15.3 Å². The van der Waals surface area contributed by atoms with Crippen LogP contribution in [0.5, 0.6) is 0 Å². The molecule has 0 aliphatic carbocycles. The number of carbonyl (C=O) groups excluding carboxylic acids is 1. The highest BCUT2D eigenvalue weighted by Crippen LogP contribution is 2.21. The topological polar surface area (TPSA) is 54.4 Å². The zero-order valence-electron chi connectivity index (χ0n) is 14.0. The number of ketones is 1. The van der Waals surface area contributed by atoms with Crippen LogP contribution in [0.15, 0.2) is 35.5 Å². The molecule has 1 N–H and O–H groups in total. The number of aliphatic imine (C=N–C) groups is 1. The Kier molecular flexibility index (Phi) is 5.43. The zero-order valence-corrected chi connectivity index (χ0v) is 14.7. The van der Waals surface area contributed by atoms with Crippen LogP contribution in [0.2, 0.25) is 5.02 Å². The van der Waals surface area contributed by atoms with Gasteiger partial charge in [-0.1, -0.05) is 17.7 Å². The maximum absolute atomic E-state index is 13.8. The summed E-state index contributed by atoms with van der Waals surface area (Å²) in [5.41, 5.74) is 3.18. The predicted octanol–water partition coefficient (Wildman–Crippen LogP) is 3.49. The lowest BCUT2D eigenvalue weighted by Gasteiger charge is -2.07. The smallest absolute Gasteiger partial charge is 0.139 e. The molecule has 0 amide bonds. The minimum atomic E-state index is -0.371. The largest absolute Gasteiger partial charge is 0.370 e. The highest BCUT2D eigenvalue weighted by Gasteiger charge is 2.17. The summed E-state index contributed by atoms with van der Waals surface area (Å²) in [4.78, 5) is 21.0. The van der Waals surface area contributed by atoms with Gasteiger partial charge in [-0.05, 0) is 37.1 Å². The van der Waals surface area contributed by atoms with Gasteiger partial charge in [0.15, 0.2) is 0 Å². The minimum absolute atomic E-state index is 0.0117. The molecule has 0 fully saturated rings. The van der Waals surface area contributed by atoms with Crippen molar-refractivity contribution in [1.82, 2.24) is 10.3 Å². The Labute approximate surface area is 151 Å². The maximum atomic E-state index is 13.8. The number of aromatic nitrogens is 1. The number of hydrogen-bond donors (Lipinski definition) is 1. The first-order valence-electron chi connectivity index (χ1n) is 8.29. The van der Waals surface area contributed by atoms with Crippen molar-refractivity contribution in [1.29, 1.82) is 0 Å². The summed E-state index contributed by atoms with van der Waals surface area (Å²) in [5.74, 6) is 0.499. The van der Waals surface area contributed by atoms with E-state index in [1.165, 1.54) is 6.07 Å². The van der Waals surface area contributed by atoms with Crippen molar-refractivity contribution in [2.45, 2.75) is 32.7 Å². The van der Waals surface area contributed by atoms with Gasteiger partial charge in [0, 0.05) is 47.4 Å². The SMILES string of the molecule is CCNC1=NCc2cc(CC(=O)CCc3c(F)cccc3Cl)ncc21. The molecule has 0 bridgehead atoms. The van der Waals surface area contributed by atoms with Crippen molar-refractivity contribution in [2.24, 2.45) is 4.99 Å². The van der Waals surface area contributed by atoms with Crippen molar-refractivity contribution in [3.63, 3.8) is 0 Å². The Balaban J connectivity index is 1.61. The normalized spacial score (nSPS) is 12.7. The van der Waals surface area contributed by atoms with Gasteiger partial charge in [-0.2, -0.15) is 0 Å². The average molecular weight is 360 g/mol. The van der Waals surface area contributed by atoms with E-state index in [9.17, 15) is 9.18 Å². The summed E-state index contributed by atoms with van der Waals surface area (Å²) in [6.07, 6.45) is 2.53. The second kappa shape index (κ2) is 7.74. The second-order valence-corrected chi connectivity index (χ2v) is 6.35. The number of benzene rings is 1. The molecule has 0 atom stereocenters. The van der Waals surface area contributed by atoms with Crippen LogP contribution in [-0.2, 0) is 24.2 Å². The molecule has 6 heteroatoms. The number of nitrogens with one attached hydrogen (secondary N) is 1. The van der Waals surface area contributed by atoms with Gasteiger partial charge in [0.05, 0.1) is 6.54 Å². The van der Waals surface area contributed by atoms with Gasteiger partial charge in [0.1, 0.15) is 17.4 Å². The van der Waals surface area contributed by atoms with Gasteiger partial charge < -0.3 is 5.32 Å². The lowest BCUT2D eigenvalue weighted by molar-refractivity contribution is -0.118. The molecule has 0 saturated carbocycles. The summed E-state index contributed by atoms with van der Waals surface area (Å²) in [6.45, 7) is 3.42. The Morgan fingerprint density at radius 2 is 2.24 bits per heavy atom. The number of halogens is 2. The molecule has 0 spiro atoms. The Hall–Kier alpha value is -2.27. The highest BCUT2D eigenvalue weighted by atomic mass is 35.5. The number of amidine groups is 1. The van der Waals surface area contributed by atoms with Crippen LogP contribution in [0.3, 0.4) is 0 Å². The number of rotatable bonds is 6. The maximum Gasteiger partial charge on any atom is 0.139 e.